The van der Waals surface area contributed by atoms with Crippen molar-refractivity contribution in [3.63, 3.8) is 0 Å². The molecular formula is C26H23N3O3S. The van der Waals surface area contributed by atoms with Crippen molar-refractivity contribution in [2.45, 2.75) is 25.4 Å². The molecule has 0 spiro atoms. The van der Waals surface area contributed by atoms with Crippen LogP contribution in [0.3, 0.4) is 0 Å². The third kappa shape index (κ3) is 4.88. The number of rotatable bonds is 7. The van der Waals surface area contributed by atoms with Crippen LogP contribution in [0.1, 0.15) is 29.3 Å². The van der Waals surface area contributed by atoms with E-state index in [-0.39, 0.29) is 23.0 Å². The molecule has 1 amide bonds. The molecule has 1 N–H and O–H groups in total. The van der Waals surface area contributed by atoms with E-state index in [4.69, 9.17) is 4.98 Å². The molecule has 33 heavy (non-hydrogen) atoms. The van der Waals surface area contributed by atoms with Crippen LogP contribution in [0.15, 0.2) is 82.7 Å². The lowest BCUT2D eigenvalue weighted by molar-refractivity contribution is -0.115. The first-order valence-corrected chi connectivity index (χ1v) is 11.6. The molecule has 0 fully saturated rings. The molecule has 7 heteroatoms. The molecule has 166 valence electrons. The fourth-order valence-electron chi connectivity index (χ4n) is 3.44. The number of ketones is 1. The van der Waals surface area contributed by atoms with Crippen molar-refractivity contribution in [2.24, 2.45) is 0 Å². The van der Waals surface area contributed by atoms with Gasteiger partial charge in [0, 0.05) is 17.7 Å². The zero-order valence-electron chi connectivity index (χ0n) is 18.4. The highest BCUT2D eigenvalue weighted by Gasteiger charge is 2.16. The molecule has 0 aliphatic rings. The normalized spacial score (nSPS) is 10.8. The van der Waals surface area contributed by atoms with E-state index < -0.39 is 0 Å². The number of thioether (sulfide) groups is 1. The molecule has 0 atom stereocenters. The third-order valence-corrected chi connectivity index (χ3v) is 6.18. The Bertz CT molecular complexity index is 1390. The highest BCUT2D eigenvalue weighted by Crippen LogP contribution is 2.24. The number of Topliss-reactive ketones (excluding diaryl/α,β-unsaturated/α-hetero) is 1. The lowest BCUT2D eigenvalue weighted by Crippen LogP contribution is -2.23. The SMILES string of the molecule is CCC(=O)Nc1ccc(C(=O)CSc2nc3ccccc3c(=O)n2-c2ccccc2C)cc1. The molecule has 0 saturated heterocycles. The summed E-state index contributed by atoms with van der Waals surface area (Å²) in [7, 11) is 0. The smallest absolute Gasteiger partial charge is 0.266 e. The summed E-state index contributed by atoms with van der Waals surface area (Å²) in [4.78, 5) is 42.4. The van der Waals surface area contributed by atoms with Crippen LogP contribution in [0.5, 0.6) is 0 Å². The molecule has 4 rings (SSSR count). The molecule has 6 nitrogen and oxygen atoms in total. The number of benzene rings is 3. The van der Waals surface area contributed by atoms with Gasteiger partial charge in [0.05, 0.1) is 22.3 Å². The van der Waals surface area contributed by atoms with Gasteiger partial charge in [-0.2, -0.15) is 0 Å². The van der Waals surface area contributed by atoms with Crippen molar-refractivity contribution in [1.29, 1.82) is 0 Å². The van der Waals surface area contributed by atoms with Crippen molar-refractivity contribution in [1.82, 2.24) is 9.55 Å². The van der Waals surface area contributed by atoms with E-state index in [2.05, 4.69) is 5.32 Å². The number of aromatic nitrogens is 2. The molecule has 0 aliphatic heterocycles. The van der Waals surface area contributed by atoms with Crippen LogP contribution in [0.2, 0.25) is 0 Å². The first kappa shape index (κ1) is 22.5. The van der Waals surface area contributed by atoms with Crippen molar-refractivity contribution < 1.29 is 9.59 Å². The van der Waals surface area contributed by atoms with Crippen LogP contribution in [0.25, 0.3) is 16.6 Å². The number of nitrogens with zero attached hydrogens (tertiary/aromatic N) is 2. The van der Waals surface area contributed by atoms with Gasteiger partial charge < -0.3 is 5.32 Å². The molecule has 4 aromatic rings. The number of fused-ring (bicyclic) bond motifs is 1. The molecule has 1 heterocycles. The van der Waals surface area contributed by atoms with Crippen molar-refractivity contribution in [3.8, 4) is 5.69 Å². The van der Waals surface area contributed by atoms with E-state index in [1.54, 1.807) is 47.9 Å². The Morgan fingerprint density at radius 1 is 0.970 bits per heavy atom. The number of hydrogen-bond acceptors (Lipinski definition) is 5. The summed E-state index contributed by atoms with van der Waals surface area (Å²) >= 11 is 1.23. The number of aryl methyl sites for hydroxylation is 1. The monoisotopic (exact) mass is 457 g/mol. The van der Waals surface area contributed by atoms with E-state index in [0.717, 1.165) is 11.3 Å². The molecule has 0 saturated carbocycles. The minimum Gasteiger partial charge on any atom is -0.326 e. The van der Waals surface area contributed by atoms with E-state index in [9.17, 15) is 14.4 Å². The zero-order valence-corrected chi connectivity index (χ0v) is 19.2. The fourth-order valence-corrected chi connectivity index (χ4v) is 4.34. The third-order valence-electron chi connectivity index (χ3n) is 5.25. The predicted molar refractivity (Wildman–Crippen MR) is 132 cm³/mol. The first-order chi connectivity index (χ1) is 16.0. The van der Waals surface area contributed by atoms with Crippen LogP contribution < -0.4 is 10.9 Å². The molecule has 0 radical (unpaired) electrons. The Hall–Kier alpha value is -3.71. The van der Waals surface area contributed by atoms with Crippen molar-refractivity contribution >= 4 is 40.0 Å². The van der Waals surface area contributed by atoms with E-state index in [0.29, 0.717) is 33.7 Å². The molecule has 0 bridgehead atoms. The van der Waals surface area contributed by atoms with Crippen LogP contribution >= 0.6 is 11.8 Å². The number of anilines is 1. The zero-order chi connectivity index (χ0) is 23.4. The second-order valence-corrected chi connectivity index (χ2v) is 8.47. The lowest BCUT2D eigenvalue weighted by atomic mass is 10.1. The van der Waals surface area contributed by atoms with E-state index in [1.165, 1.54) is 11.8 Å². The standard InChI is InChI=1S/C26H23N3O3S/c1-3-24(31)27-19-14-12-18(13-15-19)23(30)16-33-26-28-21-10-6-5-9-20(21)25(32)29(26)22-11-7-4-8-17(22)2/h4-15H,3,16H2,1-2H3,(H,27,31). The average Bonchev–Trinajstić information content (AvgIpc) is 2.84. The molecule has 0 unspecified atom stereocenters. The average molecular weight is 458 g/mol. The van der Waals surface area contributed by atoms with Gasteiger partial charge in [0.2, 0.25) is 5.91 Å². The Morgan fingerprint density at radius 3 is 2.39 bits per heavy atom. The van der Waals surface area contributed by atoms with Crippen LogP contribution in [-0.2, 0) is 4.79 Å². The van der Waals surface area contributed by atoms with Gasteiger partial charge in [-0.1, -0.05) is 49.0 Å². The van der Waals surface area contributed by atoms with E-state index in [1.807, 2.05) is 43.3 Å². The highest BCUT2D eigenvalue weighted by molar-refractivity contribution is 7.99. The highest BCUT2D eigenvalue weighted by atomic mass is 32.2. The predicted octanol–water partition coefficient (Wildman–Crippen LogP) is 5.02. The van der Waals surface area contributed by atoms with Gasteiger partial charge >= 0.3 is 0 Å². The topological polar surface area (TPSA) is 81.1 Å². The summed E-state index contributed by atoms with van der Waals surface area (Å²) in [5.41, 5.74) is 3.29. The van der Waals surface area contributed by atoms with Crippen molar-refractivity contribution in [3.05, 3.63) is 94.3 Å². The second-order valence-electron chi connectivity index (χ2n) is 7.53. The summed E-state index contributed by atoms with van der Waals surface area (Å²) < 4.78 is 1.58. The number of para-hydroxylation sites is 2. The Balaban J connectivity index is 1.64. The molecule has 1 aromatic heterocycles. The first-order valence-electron chi connectivity index (χ1n) is 10.6. The summed E-state index contributed by atoms with van der Waals surface area (Å²) in [6, 6.07) is 21.6. The maximum Gasteiger partial charge on any atom is 0.266 e. The lowest BCUT2D eigenvalue weighted by Gasteiger charge is -2.15. The van der Waals surface area contributed by atoms with Gasteiger partial charge in [-0.15, -0.1) is 0 Å². The summed E-state index contributed by atoms with van der Waals surface area (Å²) in [6.07, 6.45) is 0.388. The maximum absolute atomic E-state index is 13.4. The van der Waals surface area contributed by atoms with Gasteiger partial charge in [-0.05, 0) is 55.0 Å². The van der Waals surface area contributed by atoms with Gasteiger partial charge in [0.25, 0.3) is 5.56 Å². The number of nitrogens with one attached hydrogen (secondary N) is 1. The van der Waals surface area contributed by atoms with E-state index >= 15 is 0 Å². The van der Waals surface area contributed by atoms with Crippen LogP contribution in [0.4, 0.5) is 5.69 Å². The number of amides is 1. The fraction of sp³-hybridized carbons (Fsp3) is 0.154. The second kappa shape index (κ2) is 9.83. The minimum absolute atomic E-state index is 0.0822. The molecule has 0 aliphatic carbocycles. The van der Waals surface area contributed by atoms with Gasteiger partial charge in [0.1, 0.15) is 0 Å². The summed E-state index contributed by atoms with van der Waals surface area (Å²) in [5.74, 6) is -0.0505. The Morgan fingerprint density at radius 2 is 1.67 bits per heavy atom. The van der Waals surface area contributed by atoms with Crippen LogP contribution in [0, 0.1) is 6.92 Å². The number of carbonyl (C=O) groups excluding carboxylic acids is 2. The van der Waals surface area contributed by atoms with Crippen LogP contribution in [-0.4, -0.2) is 27.0 Å². The summed E-state index contributed by atoms with van der Waals surface area (Å²) in [6.45, 7) is 3.72. The molecule has 3 aromatic carbocycles. The Labute approximate surface area is 195 Å². The van der Waals surface area contributed by atoms with Gasteiger partial charge in [-0.25, -0.2) is 4.98 Å². The van der Waals surface area contributed by atoms with Gasteiger partial charge in [-0.3, -0.25) is 19.0 Å². The quantitative estimate of drug-likeness (QED) is 0.239. The Kier molecular flexibility index (Phi) is 6.70. The number of hydrogen-bond donors (Lipinski definition) is 1. The van der Waals surface area contributed by atoms with Gasteiger partial charge in [0.15, 0.2) is 10.9 Å². The largest absolute Gasteiger partial charge is 0.326 e. The van der Waals surface area contributed by atoms with Crippen molar-refractivity contribution in [2.75, 3.05) is 11.1 Å². The molecular weight excluding hydrogens is 434 g/mol. The summed E-state index contributed by atoms with van der Waals surface area (Å²) in [5, 5.41) is 3.76. The minimum atomic E-state index is -0.166. The number of carbonyl (C=O) groups is 2. The maximum atomic E-state index is 13.4.